The van der Waals surface area contributed by atoms with Crippen molar-refractivity contribution in [2.75, 3.05) is 13.7 Å². The minimum absolute atomic E-state index is 0.0244. The molecule has 3 aromatic rings. The second-order valence-electron chi connectivity index (χ2n) is 5.17. The molecule has 0 spiro atoms. The number of rotatable bonds is 7. The Morgan fingerprint density at radius 1 is 1.04 bits per heavy atom. The first-order chi connectivity index (χ1) is 12.2. The number of aromatic nitrogens is 1. The second-order valence-corrected chi connectivity index (χ2v) is 5.17. The summed E-state index contributed by atoms with van der Waals surface area (Å²) >= 11 is 0. The van der Waals surface area contributed by atoms with Crippen LogP contribution in [0.2, 0.25) is 0 Å². The molecule has 0 fully saturated rings. The number of esters is 1. The molecule has 25 heavy (non-hydrogen) atoms. The molecular formula is C19H17NO5. The van der Waals surface area contributed by atoms with Crippen LogP contribution in [0.15, 0.2) is 65.2 Å². The third-order valence-corrected chi connectivity index (χ3v) is 3.41. The fourth-order valence-corrected chi connectivity index (χ4v) is 2.13. The predicted octanol–water partition coefficient (Wildman–Crippen LogP) is 3.47. The number of hydrogen-bond donors (Lipinski definition) is 0. The van der Waals surface area contributed by atoms with Crippen molar-refractivity contribution in [3.63, 3.8) is 0 Å². The Morgan fingerprint density at radius 3 is 2.52 bits per heavy atom. The van der Waals surface area contributed by atoms with E-state index in [4.69, 9.17) is 18.7 Å². The predicted molar refractivity (Wildman–Crippen MR) is 90.2 cm³/mol. The van der Waals surface area contributed by atoms with E-state index in [1.165, 1.54) is 0 Å². The van der Waals surface area contributed by atoms with E-state index in [2.05, 4.69) is 5.16 Å². The lowest BCUT2D eigenvalue weighted by Crippen LogP contribution is -2.14. The summed E-state index contributed by atoms with van der Waals surface area (Å²) in [6, 6.07) is 18.2. The molecule has 2 aromatic carbocycles. The van der Waals surface area contributed by atoms with Crippen LogP contribution in [-0.2, 0) is 16.1 Å². The molecule has 0 atom stereocenters. The molecule has 3 rings (SSSR count). The van der Waals surface area contributed by atoms with Gasteiger partial charge in [0.05, 0.1) is 7.11 Å². The van der Waals surface area contributed by atoms with Gasteiger partial charge in [-0.25, -0.2) is 4.79 Å². The van der Waals surface area contributed by atoms with Crippen LogP contribution >= 0.6 is 0 Å². The highest BCUT2D eigenvalue weighted by Gasteiger charge is 2.10. The minimum Gasteiger partial charge on any atom is -0.497 e. The Balaban J connectivity index is 1.50. The van der Waals surface area contributed by atoms with Gasteiger partial charge < -0.3 is 18.7 Å². The Bertz CT molecular complexity index is 811. The fourth-order valence-electron chi connectivity index (χ4n) is 2.13. The zero-order chi connectivity index (χ0) is 17.5. The van der Waals surface area contributed by atoms with Crippen molar-refractivity contribution >= 4 is 5.97 Å². The van der Waals surface area contributed by atoms with Crippen molar-refractivity contribution in [3.8, 4) is 22.8 Å². The second kappa shape index (κ2) is 8.01. The van der Waals surface area contributed by atoms with Gasteiger partial charge in [0, 0.05) is 11.6 Å². The zero-order valence-electron chi connectivity index (χ0n) is 13.7. The molecule has 0 unspecified atom stereocenters. The van der Waals surface area contributed by atoms with Crippen molar-refractivity contribution in [1.29, 1.82) is 0 Å². The van der Waals surface area contributed by atoms with Crippen LogP contribution < -0.4 is 9.47 Å². The van der Waals surface area contributed by atoms with Crippen molar-refractivity contribution in [2.24, 2.45) is 0 Å². The molecule has 0 saturated carbocycles. The molecule has 0 aliphatic heterocycles. The largest absolute Gasteiger partial charge is 0.497 e. The average Bonchev–Trinajstić information content (AvgIpc) is 3.14. The lowest BCUT2D eigenvalue weighted by molar-refractivity contribution is -0.147. The van der Waals surface area contributed by atoms with Crippen molar-refractivity contribution in [2.45, 2.75) is 6.61 Å². The smallest absolute Gasteiger partial charge is 0.344 e. The van der Waals surface area contributed by atoms with Gasteiger partial charge in [-0.15, -0.1) is 0 Å². The molecule has 6 heteroatoms. The number of carbonyl (C=O) groups excluding carboxylic acids is 1. The van der Waals surface area contributed by atoms with E-state index < -0.39 is 5.97 Å². The molecular weight excluding hydrogens is 322 g/mol. The summed E-state index contributed by atoms with van der Waals surface area (Å²) in [6.07, 6.45) is 0. The molecule has 6 nitrogen and oxygen atoms in total. The quantitative estimate of drug-likeness (QED) is 0.614. The maximum Gasteiger partial charge on any atom is 0.344 e. The van der Waals surface area contributed by atoms with Gasteiger partial charge in [0.2, 0.25) is 0 Å². The van der Waals surface area contributed by atoms with Crippen LogP contribution in [0, 0.1) is 0 Å². The summed E-state index contributed by atoms with van der Waals surface area (Å²) in [5.41, 5.74) is 1.39. The summed E-state index contributed by atoms with van der Waals surface area (Å²) in [5, 5.41) is 3.90. The Morgan fingerprint density at radius 2 is 1.80 bits per heavy atom. The van der Waals surface area contributed by atoms with E-state index in [1.54, 1.807) is 25.3 Å². The van der Waals surface area contributed by atoms with Gasteiger partial charge in [-0.2, -0.15) is 0 Å². The molecule has 1 heterocycles. The van der Waals surface area contributed by atoms with Crippen molar-refractivity contribution < 1.29 is 23.5 Å². The molecule has 0 N–H and O–H groups in total. The van der Waals surface area contributed by atoms with E-state index in [9.17, 15) is 4.79 Å². The first-order valence-electron chi connectivity index (χ1n) is 7.68. The van der Waals surface area contributed by atoms with Crippen LogP contribution in [0.3, 0.4) is 0 Å². The topological polar surface area (TPSA) is 70.8 Å². The maximum atomic E-state index is 11.7. The highest BCUT2D eigenvalue weighted by molar-refractivity contribution is 5.71. The molecule has 0 radical (unpaired) electrons. The number of ether oxygens (including phenoxy) is 3. The fraction of sp³-hybridized carbons (Fsp3) is 0.158. The molecule has 0 aliphatic rings. The number of benzene rings is 2. The first-order valence-corrected chi connectivity index (χ1v) is 7.68. The average molecular weight is 339 g/mol. The Hall–Kier alpha value is -3.28. The van der Waals surface area contributed by atoms with Gasteiger partial charge >= 0.3 is 5.97 Å². The van der Waals surface area contributed by atoms with Crippen molar-refractivity contribution in [1.82, 2.24) is 5.16 Å². The maximum absolute atomic E-state index is 11.7. The van der Waals surface area contributed by atoms with Gasteiger partial charge in [0.15, 0.2) is 12.4 Å². The van der Waals surface area contributed by atoms with E-state index in [1.807, 2.05) is 42.5 Å². The molecule has 0 aliphatic carbocycles. The van der Waals surface area contributed by atoms with E-state index in [-0.39, 0.29) is 13.2 Å². The van der Waals surface area contributed by atoms with Gasteiger partial charge in [0.1, 0.15) is 23.8 Å². The van der Waals surface area contributed by atoms with E-state index in [0.717, 1.165) is 11.3 Å². The van der Waals surface area contributed by atoms with Gasteiger partial charge in [-0.1, -0.05) is 23.4 Å². The Kier molecular flexibility index (Phi) is 5.31. The molecule has 0 amide bonds. The van der Waals surface area contributed by atoms with Crippen LogP contribution in [0.1, 0.15) is 5.69 Å². The first kappa shape index (κ1) is 16.6. The molecule has 0 saturated heterocycles. The van der Waals surface area contributed by atoms with E-state index in [0.29, 0.717) is 17.2 Å². The number of carbonyl (C=O) groups is 1. The third kappa shape index (κ3) is 4.60. The van der Waals surface area contributed by atoms with Crippen molar-refractivity contribution in [3.05, 3.63) is 66.4 Å². The summed E-state index contributed by atoms with van der Waals surface area (Å²) in [4.78, 5) is 11.7. The van der Waals surface area contributed by atoms with E-state index >= 15 is 0 Å². The summed E-state index contributed by atoms with van der Waals surface area (Å²) in [7, 11) is 1.61. The number of hydrogen-bond acceptors (Lipinski definition) is 6. The highest BCUT2D eigenvalue weighted by Crippen LogP contribution is 2.23. The van der Waals surface area contributed by atoms with Crippen LogP contribution in [-0.4, -0.2) is 24.8 Å². The van der Waals surface area contributed by atoms with Crippen LogP contribution in [0.25, 0.3) is 11.3 Å². The van der Waals surface area contributed by atoms with Gasteiger partial charge in [-0.05, 0) is 36.4 Å². The lowest BCUT2D eigenvalue weighted by Gasteiger charge is -2.05. The Labute approximate surface area is 144 Å². The van der Waals surface area contributed by atoms with Crippen LogP contribution in [0.4, 0.5) is 0 Å². The van der Waals surface area contributed by atoms with Crippen LogP contribution in [0.5, 0.6) is 11.5 Å². The standard InChI is InChI=1S/C19H17NO5/c1-22-16-9-7-14(8-10-16)18-11-15(20-25-18)12-24-19(21)13-23-17-5-3-2-4-6-17/h2-11H,12-13H2,1H3. The molecule has 128 valence electrons. The monoisotopic (exact) mass is 339 g/mol. The number of methoxy groups -OCH3 is 1. The number of nitrogens with zero attached hydrogens (tertiary/aromatic N) is 1. The van der Waals surface area contributed by atoms with Gasteiger partial charge in [0.25, 0.3) is 0 Å². The number of para-hydroxylation sites is 1. The molecule has 0 bridgehead atoms. The molecule has 1 aromatic heterocycles. The third-order valence-electron chi connectivity index (χ3n) is 3.41. The summed E-state index contributed by atoms with van der Waals surface area (Å²) < 4.78 is 20.8. The normalized spacial score (nSPS) is 10.3. The lowest BCUT2D eigenvalue weighted by atomic mass is 10.1. The minimum atomic E-state index is -0.474. The highest BCUT2D eigenvalue weighted by atomic mass is 16.6. The zero-order valence-corrected chi connectivity index (χ0v) is 13.7. The SMILES string of the molecule is COc1ccc(-c2cc(COC(=O)COc3ccccc3)no2)cc1. The summed E-state index contributed by atoms with van der Waals surface area (Å²) in [5.74, 6) is 1.49. The summed E-state index contributed by atoms with van der Waals surface area (Å²) in [6.45, 7) is -0.135. The van der Waals surface area contributed by atoms with Gasteiger partial charge in [-0.3, -0.25) is 0 Å².